The number of aliphatic hydroxyl groups is 1. The Bertz CT molecular complexity index is 489. The molecule has 4 nitrogen and oxygen atoms in total. The fraction of sp³-hybridized carbons (Fsp3) is 0.375. The summed E-state index contributed by atoms with van der Waals surface area (Å²) in [7, 11) is 0. The second-order valence-electron chi connectivity index (χ2n) is 4.50. The molecule has 0 radical (unpaired) electrons. The summed E-state index contributed by atoms with van der Waals surface area (Å²) in [5.74, 6) is -0.130. The summed E-state index contributed by atoms with van der Waals surface area (Å²) < 4.78 is 0. The summed E-state index contributed by atoms with van der Waals surface area (Å²) >= 11 is 0. The van der Waals surface area contributed by atoms with Crippen LogP contribution in [0.3, 0.4) is 0 Å². The van der Waals surface area contributed by atoms with Gasteiger partial charge >= 0.3 is 0 Å². The highest BCUT2D eigenvalue weighted by molar-refractivity contribution is 5.91. The van der Waals surface area contributed by atoms with E-state index in [0.717, 1.165) is 31.2 Å². The van der Waals surface area contributed by atoms with Crippen LogP contribution in [0.15, 0.2) is 30.3 Å². The molecule has 1 aromatic carbocycles. The van der Waals surface area contributed by atoms with Gasteiger partial charge in [0.2, 0.25) is 5.91 Å². The first kappa shape index (κ1) is 15.9. The van der Waals surface area contributed by atoms with E-state index >= 15 is 0 Å². The van der Waals surface area contributed by atoms with Crippen LogP contribution in [-0.4, -0.2) is 24.2 Å². The quantitative estimate of drug-likeness (QED) is 0.563. The number of hydrogen-bond donors (Lipinski definition) is 2. The smallest absolute Gasteiger partial charge is 0.243 e. The first-order valence-electron chi connectivity index (χ1n) is 6.83. The molecule has 2 N–H and O–H groups in total. The summed E-state index contributed by atoms with van der Waals surface area (Å²) in [5, 5.41) is 20.2. The molecule has 0 saturated heterocycles. The van der Waals surface area contributed by atoms with Gasteiger partial charge in [-0.2, -0.15) is 5.26 Å². The van der Waals surface area contributed by atoms with Crippen LogP contribution in [0.25, 0.3) is 6.08 Å². The maximum absolute atomic E-state index is 11.6. The molecule has 0 aromatic heterocycles. The number of nitrogens with zero attached hydrogens (tertiary/aromatic N) is 1. The standard InChI is InChI=1S/C16H20N2O2/c17-13-15-7-5-6-14(12-15)8-9-16(20)18-10-3-1-2-4-11-19/h5-9,12,19H,1-4,10-11H2,(H,18,20)/b9-8+. The number of hydrogen-bond acceptors (Lipinski definition) is 3. The lowest BCUT2D eigenvalue weighted by molar-refractivity contribution is -0.116. The van der Waals surface area contributed by atoms with Gasteiger partial charge in [0, 0.05) is 19.2 Å². The Morgan fingerprint density at radius 3 is 2.85 bits per heavy atom. The van der Waals surface area contributed by atoms with Crippen molar-refractivity contribution in [3.05, 3.63) is 41.5 Å². The molecular formula is C16H20N2O2. The van der Waals surface area contributed by atoms with E-state index in [1.165, 1.54) is 6.08 Å². The third-order valence-electron chi connectivity index (χ3n) is 2.83. The molecule has 106 valence electrons. The van der Waals surface area contributed by atoms with Crippen LogP contribution in [0.1, 0.15) is 36.8 Å². The van der Waals surface area contributed by atoms with Crippen LogP contribution < -0.4 is 5.32 Å². The summed E-state index contributed by atoms with van der Waals surface area (Å²) in [6.45, 7) is 0.879. The monoisotopic (exact) mass is 272 g/mol. The number of benzene rings is 1. The molecule has 0 saturated carbocycles. The largest absolute Gasteiger partial charge is 0.396 e. The number of nitriles is 1. The van der Waals surface area contributed by atoms with Crippen LogP contribution in [0, 0.1) is 11.3 Å². The van der Waals surface area contributed by atoms with Crippen molar-refractivity contribution >= 4 is 12.0 Å². The predicted molar refractivity (Wildman–Crippen MR) is 78.8 cm³/mol. The Morgan fingerprint density at radius 1 is 1.30 bits per heavy atom. The van der Waals surface area contributed by atoms with Crippen LogP contribution in [-0.2, 0) is 4.79 Å². The SMILES string of the molecule is N#Cc1cccc(/C=C/C(=O)NCCCCCCO)c1. The van der Waals surface area contributed by atoms with Gasteiger partial charge in [-0.1, -0.05) is 25.0 Å². The Labute approximate surface area is 119 Å². The number of carbonyl (C=O) groups is 1. The average Bonchev–Trinajstić information content (AvgIpc) is 2.49. The van der Waals surface area contributed by atoms with E-state index in [-0.39, 0.29) is 12.5 Å². The molecule has 1 aromatic rings. The Morgan fingerprint density at radius 2 is 2.10 bits per heavy atom. The minimum Gasteiger partial charge on any atom is -0.396 e. The summed E-state index contributed by atoms with van der Waals surface area (Å²) in [4.78, 5) is 11.6. The highest BCUT2D eigenvalue weighted by Gasteiger charge is 1.96. The number of rotatable bonds is 8. The molecule has 0 aliphatic heterocycles. The highest BCUT2D eigenvalue weighted by atomic mass is 16.2. The minimum atomic E-state index is -0.130. The van der Waals surface area contributed by atoms with Gasteiger partial charge in [0.1, 0.15) is 0 Å². The third-order valence-corrected chi connectivity index (χ3v) is 2.83. The molecule has 0 aliphatic carbocycles. The molecule has 0 heterocycles. The lowest BCUT2D eigenvalue weighted by Gasteiger charge is -2.01. The Kier molecular flexibility index (Phi) is 7.78. The number of aliphatic hydroxyl groups excluding tert-OH is 1. The minimum absolute atomic E-state index is 0.130. The topological polar surface area (TPSA) is 73.1 Å². The van der Waals surface area contributed by atoms with Crippen molar-refractivity contribution in [1.82, 2.24) is 5.32 Å². The van der Waals surface area contributed by atoms with E-state index < -0.39 is 0 Å². The van der Waals surface area contributed by atoms with Crippen molar-refractivity contribution in [3.8, 4) is 6.07 Å². The first-order chi connectivity index (χ1) is 9.76. The maximum Gasteiger partial charge on any atom is 0.243 e. The lowest BCUT2D eigenvalue weighted by Crippen LogP contribution is -2.21. The maximum atomic E-state index is 11.6. The molecular weight excluding hydrogens is 252 g/mol. The Hall–Kier alpha value is -2.12. The summed E-state index contributed by atoms with van der Waals surface area (Å²) in [6.07, 6.45) is 6.91. The van der Waals surface area contributed by atoms with Gasteiger partial charge in [-0.05, 0) is 36.6 Å². The van der Waals surface area contributed by atoms with Crippen LogP contribution in [0.4, 0.5) is 0 Å². The number of nitrogens with one attached hydrogen (secondary N) is 1. The average molecular weight is 272 g/mol. The second-order valence-corrected chi connectivity index (χ2v) is 4.50. The van der Waals surface area contributed by atoms with E-state index in [1.807, 2.05) is 6.07 Å². The number of unbranched alkanes of at least 4 members (excludes halogenated alkanes) is 3. The fourth-order valence-electron chi connectivity index (χ4n) is 1.74. The third kappa shape index (κ3) is 6.72. The Balaban J connectivity index is 2.27. The molecule has 0 bridgehead atoms. The molecule has 0 aliphatic rings. The van der Waals surface area contributed by atoms with E-state index in [2.05, 4.69) is 11.4 Å². The van der Waals surface area contributed by atoms with Gasteiger partial charge in [-0.25, -0.2) is 0 Å². The second kappa shape index (κ2) is 9.76. The van der Waals surface area contributed by atoms with Gasteiger partial charge in [0.25, 0.3) is 0 Å². The van der Waals surface area contributed by atoms with Crippen molar-refractivity contribution in [2.45, 2.75) is 25.7 Å². The first-order valence-corrected chi connectivity index (χ1v) is 6.83. The van der Waals surface area contributed by atoms with E-state index in [4.69, 9.17) is 10.4 Å². The molecule has 4 heteroatoms. The lowest BCUT2D eigenvalue weighted by atomic mass is 10.1. The predicted octanol–water partition coefficient (Wildman–Crippen LogP) is 2.24. The zero-order valence-corrected chi connectivity index (χ0v) is 11.5. The summed E-state index contributed by atoms with van der Waals surface area (Å²) in [5.41, 5.74) is 1.42. The van der Waals surface area contributed by atoms with Gasteiger partial charge < -0.3 is 10.4 Å². The number of carbonyl (C=O) groups excluding carboxylic acids is 1. The van der Waals surface area contributed by atoms with Crippen LogP contribution >= 0.6 is 0 Å². The van der Waals surface area contributed by atoms with E-state index in [0.29, 0.717) is 12.1 Å². The van der Waals surface area contributed by atoms with Gasteiger partial charge in [-0.15, -0.1) is 0 Å². The van der Waals surface area contributed by atoms with Crippen LogP contribution in [0.5, 0.6) is 0 Å². The van der Waals surface area contributed by atoms with Gasteiger partial charge in [0.05, 0.1) is 11.6 Å². The van der Waals surface area contributed by atoms with Crippen molar-refractivity contribution in [2.24, 2.45) is 0 Å². The molecule has 1 rings (SSSR count). The van der Waals surface area contributed by atoms with Crippen molar-refractivity contribution in [2.75, 3.05) is 13.2 Å². The number of amides is 1. The fourth-order valence-corrected chi connectivity index (χ4v) is 1.74. The zero-order valence-electron chi connectivity index (χ0n) is 11.5. The molecule has 0 atom stereocenters. The molecule has 1 amide bonds. The summed E-state index contributed by atoms with van der Waals surface area (Å²) in [6, 6.07) is 9.16. The zero-order chi connectivity index (χ0) is 14.6. The molecule has 20 heavy (non-hydrogen) atoms. The van der Waals surface area contributed by atoms with Crippen LogP contribution in [0.2, 0.25) is 0 Å². The van der Waals surface area contributed by atoms with E-state index in [1.54, 1.807) is 24.3 Å². The normalized spacial score (nSPS) is 10.4. The van der Waals surface area contributed by atoms with Gasteiger partial charge in [-0.3, -0.25) is 4.79 Å². The highest BCUT2D eigenvalue weighted by Crippen LogP contribution is 2.05. The van der Waals surface area contributed by atoms with Crippen molar-refractivity contribution in [1.29, 1.82) is 5.26 Å². The van der Waals surface area contributed by atoms with Crippen molar-refractivity contribution < 1.29 is 9.90 Å². The van der Waals surface area contributed by atoms with E-state index in [9.17, 15) is 4.79 Å². The molecule has 0 spiro atoms. The molecule has 0 fully saturated rings. The van der Waals surface area contributed by atoms with Crippen molar-refractivity contribution in [3.63, 3.8) is 0 Å². The molecule has 0 unspecified atom stereocenters. The van der Waals surface area contributed by atoms with Gasteiger partial charge in [0.15, 0.2) is 0 Å².